The SMILES string of the molecule is CC(C)(C)OC(=O)NCCC=Cc1ccc([N+](=O)[O-])c(O)c1. The average molecular weight is 308 g/mol. The van der Waals surface area contributed by atoms with Crippen LogP contribution >= 0.6 is 0 Å². The Hall–Kier alpha value is -2.57. The van der Waals surface area contributed by atoms with Gasteiger partial charge in [-0.1, -0.05) is 12.2 Å². The number of amides is 1. The van der Waals surface area contributed by atoms with Crippen LogP contribution in [-0.2, 0) is 4.74 Å². The van der Waals surface area contributed by atoms with Gasteiger partial charge in [0, 0.05) is 12.6 Å². The first-order valence-electron chi connectivity index (χ1n) is 6.80. The van der Waals surface area contributed by atoms with Gasteiger partial charge >= 0.3 is 11.8 Å². The molecule has 1 aromatic rings. The molecule has 2 N–H and O–H groups in total. The molecule has 120 valence electrons. The molecule has 0 heterocycles. The van der Waals surface area contributed by atoms with Gasteiger partial charge in [-0.25, -0.2) is 4.79 Å². The molecule has 22 heavy (non-hydrogen) atoms. The van der Waals surface area contributed by atoms with Crippen LogP contribution in [0.5, 0.6) is 5.75 Å². The fourth-order valence-electron chi connectivity index (χ4n) is 1.59. The van der Waals surface area contributed by atoms with E-state index in [0.29, 0.717) is 18.5 Å². The van der Waals surface area contributed by atoms with Crippen molar-refractivity contribution in [2.75, 3.05) is 6.54 Å². The Balaban J connectivity index is 2.42. The lowest BCUT2D eigenvalue weighted by Crippen LogP contribution is -2.32. The first-order valence-corrected chi connectivity index (χ1v) is 6.80. The second-order valence-electron chi connectivity index (χ2n) is 5.62. The molecule has 0 atom stereocenters. The van der Waals surface area contributed by atoms with Gasteiger partial charge in [-0.3, -0.25) is 10.1 Å². The summed E-state index contributed by atoms with van der Waals surface area (Å²) >= 11 is 0. The zero-order valence-corrected chi connectivity index (χ0v) is 12.8. The summed E-state index contributed by atoms with van der Waals surface area (Å²) in [5.41, 5.74) is -0.222. The van der Waals surface area contributed by atoms with Gasteiger partial charge in [-0.15, -0.1) is 0 Å². The molecule has 0 aromatic heterocycles. The lowest BCUT2D eigenvalue weighted by atomic mass is 10.1. The van der Waals surface area contributed by atoms with E-state index < -0.39 is 16.6 Å². The first-order chi connectivity index (χ1) is 10.2. The van der Waals surface area contributed by atoms with E-state index >= 15 is 0 Å². The van der Waals surface area contributed by atoms with Crippen molar-refractivity contribution in [1.82, 2.24) is 5.32 Å². The van der Waals surface area contributed by atoms with E-state index in [2.05, 4.69) is 5.32 Å². The highest BCUT2D eigenvalue weighted by Gasteiger charge is 2.15. The maximum Gasteiger partial charge on any atom is 0.407 e. The molecule has 0 saturated carbocycles. The molecule has 0 radical (unpaired) electrons. The molecular weight excluding hydrogens is 288 g/mol. The van der Waals surface area contributed by atoms with Gasteiger partial charge in [-0.05, 0) is 44.9 Å². The Morgan fingerprint density at radius 1 is 1.45 bits per heavy atom. The standard InChI is InChI=1S/C15H20N2O5/c1-15(2,3)22-14(19)16-9-5-4-6-11-7-8-12(17(20)21)13(18)10-11/h4,6-8,10,18H,5,9H2,1-3H3,(H,16,19). The molecule has 1 amide bonds. The van der Waals surface area contributed by atoms with Crippen molar-refractivity contribution >= 4 is 17.9 Å². The van der Waals surface area contributed by atoms with E-state index in [-0.39, 0.29) is 11.4 Å². The summed E-state index contributed by atoms with van der Waals surface area (Å²) in [7, 11) is 0. The number of rotatable bonds is 5. The number of hydrogen-bond acceptors (Lipinski definition) is 5. The number of phenolic OH excluding ortho intramolecular Hbond substituents is 1. The predicted octanol–water partition coefficient (Wildman–Crippen LogP) is 3.23. The predicted molar refractivity (Wildman–Crippen MR) is 82.6 cm³/mol. The van der Waals surface area contributed by atoms with Crippen LogP contribution in [0, 0.1) is 10.1 Å². The van der Waals surface area contributed by atoms with E-state index in [0.717, 1.165) is 0 Å². The zero-order chi connectivity index (χ0) is 16.8. The van der Waals surface area contributed by atoms with E-state index in [1.165, 1.54) is 18.2 Å². The van der Waals surface area contributed by atoms with Gasteiger partial charge < -0.3 is 15.2 Å². The fraction of sp³-hybridized carbons (Fsp3) is 0.400. The summed E-state index contributed by atoms with van der Waals surface area (Å²) in [6.07, 6.45) is 3.59. The summed E-state index contributed by atoms with van der Waals surface area (Å²) in [4.78, 5) is 21.3. The van der Waals surface area contributed by atoms with Gasteiger partial charge in [0.05, 0.1) is 4.92 Å². The van der Waals surface area contributed by atoms with Crippen LogP contribution in [0.1, 0.15) is 32.8 Å². The molecule has 0 aliphatic carbocycles. The van der Waals surface area contributed by atoms with Crippen LogP contribution < -0.4 is 5.32 Å². The van der Waals surface area contributed by atoms with Crippen molar-refractivity contribution in [3.63, 3.8) is 0 Å². The number of aromatic hydroxyl groups is 1. The molecule has 1 aromatic carbocycles. The van der Waals surface area contributed by atoms with E-state index in [4.69, 9.17) is 4.74 Å². The van der Waals surface area contributed by atoms with Gasteiger partial charge in [0.25, 0.3) is 0 Å². The minimum Gasteiger partial charge on any atom is -0.502 e. The van der Waals surface area contributed by atoms with Gasteiger partial charge in [-0.2, -0.15) is 0 Å². The van der Waals surface area contributed by atoms with Crippen LogP contribution in [0.2, 0.25) is 0 Å². The minimum absolute atomic E-state index is 0.330. The number of nitro benzene ring substituents is 1. The monoisotopic (exact) mass is 308 g/mol. The van der Waals surface area contributed by atoms with Crippen LogP contribution in [0.3, 0.4) is 0 Å². The summed E-state index contributed by atoms with van der Waals surface area (Å²) in [5.74, 6) is -0.376. The summed E-state index contributed by atoms with van der Waals surface area (Å²) < 4.78 is 5.08. The van der Waals surface area contributed by atoms with Crippen LogP contribution in [0.25, 0.3) is 6.08 Å². The second-order valence-corrected chi connectivity index (χ2v) is 5.62. The van der Waals surface area contributed by atoms with E-state index in [9.17, 15) is 20.0 Å². The second kappa shape index (κ2) is 7.44. The van der Waals surface area contributed by atoms with Crippen LogP contribution in [-0.4, -0.2) is 28.3 Å². The Morgan fingerprint density at radius 2 is 2.14 bits per heavy atom. The molecule has 0 aliphatic heterocycles. The van der Waals surface area contributed by atoms with Gasteiger partial charge in [0.2, 0.25) is 0 Å². The molecule has 7 nitrogen and oxygen atoms in total. The van der Waals surface area contributed by atoms with Crippen molar-refractivity contribution < 1.29 is 19.6 Å². The molecule has 7 heteroatoms. The number of nitro groups is 1. The third kappa shape index (κ3) is 6.25. The maximum absolute atomic E-state index is 11.4. The number of nitrogens with zero attached hydrogens (tertiary/aromatic N) is 1. The number of nitrogens with one attached hydrogen (secondary N) is 1. The topological polar surface area (TPSA) is 102 Å². The van der Waals surface area contributed by atoms with E-state index in [1.54, 1.807) is 32.9 Å². The molecule has 0 bridgehead atoms. The third-order valence-corrected chi connectivity index (χ3v) is 2.49. The first kappa shape index (κ1) is 17.5. The summed E-state index contributed by atoms with van der Waals surface area (Å²) in [5, 5.41) is 22.7. The third-order valence-electron chi connectivity index (χ3n) is 2.49. The molecule has 0 unspecified atom stereocenters. The molecule has 1 rings (SSSR count). The smallest absolute Gasteiger partial charge is 0.407 e. The number of carbonyl (C=O) groups excluding carboxylic acids is 1. The number of phenols is 1. The van der Waals surface area contributed by atoms with Crippen molar-refractivity contribution in [2.45, 2.75) is 32.8 Å². The van der Waals surface area contributed by atoms with Crippen molar-refractivity contribution in [3.05, 3.63) is 40.0 Å². The van der Waals surface area contributed by atoms with Crippen LogP contribution in [0.4, 0.5) is 10.5 Å². The average Bonchev–Trinajstić information content (AvgIpc) is 2.35. The van der Waals surface area contributed by atoms with Crippen molar-refractivity contribution in [2.24, 2.45) is 0 Å². The lowest BCUT2D eigenvalue weighted by molar-refractivity contribution is -0.385. The Morgan fingerprint density at radius 3 is 2.68 bits per heavy atom. The van der Waals surface area contributed by atoms with Crippen molar-refractivity contribution in [1.29, 1.82) is 0 Å². The molecule has 0 spiro atoms. The number of benzene rings is 1. The quantitative estimate of drug-likeness (QED) is 0.494. The van der Waals surface area contributed by atoms with Gasteiger partial charge in [0.15, 0.2) is 5.75 Å². The molecule has 0 fully saturated rings. The van der Waals surface area contributed by atoms with Crippen molar-refractivity contribution in [3.8, 4) is 5.75 Å². The largest absolute Gasteiger partial charge is 0.502 e. The Kier molecular flexibility index (Phi) is 5.91. The number of carbonyl (C=O) groups is 1. The van der Waals surface area contributed by atoms with E-state index in [1.807, 2.05) is 0 Å². The Bertz CT molecular complexity index is 576. The molecule has 0 saturated heterocycles. The molecular formula is C15H20N2O5. The zero-order valence-electron chi connectivity index (χ0n) is 12.8. The summed E-state index contributed by atoms with van der Waals surface area (Å²) in [6, 6.07) is 4.10. The minimum atomic E-state index is -0.645. The lowest BCUT2D eigenvalue weighted by Gasteiger charge is -2.19. The highest BCUT2D eigenvalue weighted by atomic mass is 16.6. The normalized spacial score (nSPS) is 11.4. The highest BCUT2D eigenvalue weighted by molar-refractivity contribution is 5.67. The van der Waals surface area contributed by atoms with Gasteiger partial charge in [0.1, 0.15) is 5.60 Å². The maximum atomic E-state index is 11.4. The van der Waals surface area contributed by atoms with Crippen LogP contribution in [0.15, 0.2) is 24.3 Å². The Labute approximate surface area is 128 Å². The summed E-state index contributed by atoms with van der Waals surface area (Å²) in [6.45, 7) is 5.76. The number of ether oxygens (including phenoxy) is 1. The number of hydrogen-bond donors (Lipinski definition) is 2. The number of alkyl carbamates (subject to hydrolysis) is 1. The molecule has 0 aliphatic rings. The fourth-order valence-corrected chi connectivity index (χ4v) is 1.59. The highest BCUT2D eigenvalue weighted by Crippen LogP contribution is 2.26.